The van der Waals surface area contributed by atoms with Crippen LogP contribution in [0, 0.1) is 0 Å². The van der Waals surface area contributed by atoms with Crippen LogP contribution in [0.1, 0.15) is 0 Å². The Bertz CT molecular complexity index is 486. The van der Waals surface area contributed by atoms with E-state index >= 15 is 0 Å². The Morgan fingerprint density at radius 1 is 1.42 bits per heavy atom. The standard InChI is InChI=1S/C6H5IN4O/c1-10-2-9-5-4(6(10)12)8-3-11(5)7/h2-3H,1H3. The van der Waals surface area contributed by atoms with Crippen molar-refractivity contribution in [2.75, 3.05) is 0 Å². The molecule has 0 spiro atoms. The molecule has 0 bridgehead atoms. The second-order valence-corrected chi connectivity index (χ2v) is 3.43. The van der Waals surface area contributed by atoms with E-state index in [0.29, 0.717) is 11.2 Å². The summed E-state index contributed by atoms with van der Waals surface area (Å²) in [5.74, 6) is 0. The van der Waals surface area contributed by atoms with Crippen LogP contribution in [0.15, 0.2) is 17.4 Å². The molecule has 0 aliphatic heterocycles. The zero-order chi connectivity index (χ0) is 8.72. The van der Waals surface area contributed by atoms with Crippen molar-refractivity contribution < 1.29 is 0 Å². The first-order valence-electron chi connectivity index (χ1n) is 3.25. The van der Waals surface area contributed by atoms with Crippen molar-refractivity contribution in [2.45, 2.75) is 0 Å². The largest absolute Gasteiger partial charge is 0.300 e. The lowest BCUT2D eigenvalue weighted by Gasteiger charge is -1.94. The van der Waals surface area contributed by atoms with Crippen molar-refractivity contribution in [3.8, 4) is 0 Å². The number of hydrogen-bond acceptors (Lipinski definition) is 3. The Kier molecular flexibility index (Phi) is 1.63. The Morgan fingerprint density at radius 2 is 2.17 bits per heavy atom. The zero-order valence-corrected chi connectivity index (χ0v) is 8.39. The molecular formula is C6H5IN4O. The van der Waals surface area contributed by atoms with Gasteiger partial charge in [-0.1, -0.05) is 0 Å². The van der Waals surface area contributed by atoms with Gasteiger partial charge in [-0.05, 0) is 0 Å². The van der Waals surface area contributed by atoms with E-state index in [4.69, 9.17) is 0 Å². The maximum atomic E-state index is 11.4. The van der Waals surface area contributed by atoms with E-state index in [-0.39, 0.29) is 5.56 Å². The summed E-state index contributed by atoms with van der Waals surface area (Å²) < 4.78 is 3.10. The summed E-state index contributed by atoms with van der Waals surface area (Å²) in [5.41, 5.74) is 0.906. The number of rotatable bonds is 0. The van der Waals surface area contributed by atoms with Gasteiger partial charge in [0.25, 0.3) is 5.56 Å². The van der Waals surface area contributed by atoms with Crippen LogP contribution >= 0.6 is 22.9 Å². The van der Waals surface area contributed by atoms with Gasteiger partial charge < -0.3 is 4.57 Å². The average Bonchev–Trinajstić information content (AvgIpc) is 2.41. The quantitative estimate of drug-likeness (QED) is 0.651. The molecule has 62 valence electrons. The summed E-state index contributed by atoms with van der Waals surface area (Å²) >= 11 is 2.03. The van der Waals surface area contributed by atoms with Crippen molar-refractivity contribution in [3.05, 3.63) is 23.0 Å². The van der Waals surface area contributed by atoms with Crippen LogP contribution in [0.4, 0.5) is 0 Å². The number of aryl methyl sites for hydroxylation is 1. The summed E-state index contributed by atoms with van der Waals surface area (Å²) in [6.07, 6.45) is 3.06. The maximum absolute atomic E-state index is 11.4. The second-order valence-electron chi connectivity index (χ2n) is 2.39. The smallest absolute Gasteiger partial charge is 0.281 e. The molecular weight excluding hydrogens is 271 g/mol. The van der Waals surface area contributed by atoms with Crippen LogP contribution in [0.25, 0.3) is 11.2 Å². The fraction of sp³-hybridized carbons (Fsp3) is 0.167. The van der Waals surface area contributed by atoms with Gasteiger partial charge in [0.2, 0.25) is 0 Å². The minimum atomic E-state index is -0.115. The van der Waals surface area contributed by atoms with Crippen molar-refractivity contribution >= 4 is 34.0 Å². The van der Waals surface area contributed by atoms with Gasteiger partial charge >= 0.3 is 0 Å². The van der Waals surface area contributed by atoms with Crippen LogP contribution in [-0.4, -0.2) is 17.3 Å². The predicted molar refractivity (Wildman–Crippen MR) is 52.2 cm³/mol. The predicted octanol–water partition coefficient (Wildman–Crippen LogP) is 0.328. The fourth-order valence-electron chi connectivity index (χ4n) is 0.950. The fourth-order valence-corrected chi connectivity index (χ4v) is 1.43. The van der Waals surface area contributed by atoms with E-state index in [9.17, 15) is 4.79 Å². The molecule has 0 fully saturated rings. The molecule has 2 aromatic heterocycles. The van der Waals surface area contributed by atoms with Gasteiger partial charge in [-0.25, -0.2) is 9.97 Å². The van der Waals surface area contributed by atoms with E-state index in [1.54, 1.807) is 16.2 Å². The lowest BCUT2D eigenvalue weighted by molar-refractivity contribution is 0.839. The zero-order valence-electron chi connectivity index (χ0n) is 6.23. The van der Waals surface area contributed by atoms with Gasteiger partial charge in [-0.2, -0.15) is 0 Å². The minimum absolute atomic E-state index is 0.115. The summed E-state index contributed by atoms with van der Waals surface area (Å²) in [6, 6.07) is 0. The average molecular weight is 276 g/mol. The highest BCUT2D eigenvalue weighted by atomic mass is 127. The molecule has 2 heterocycles. The normalized spacial score (nSPS) is 10.8. The minimum Gasteiger partial charge on any atom is -0.300 e. The third-order valence-electron chi connectivity index (χ3n) is 1.58. The molecule has 12 heavy (non-hydrogen) atoms. The van der Waals surface area contributed by atoms with E-state index < -0.39 is 0 Å². The van der Waals surface area contributed by atoms with Crippen molar-refractivity contribution in [2.24, 2.45) is 7.05 Å². The summed E-state index contributed by atoms with van der Waals surface area (Å²) in [6.45, 7) is 0. The lowest BCUT2D eigenvalue weighted by atomic mass is 10.5. The Hall–Kier alpha value is -0.920. The van der Waals surface area contributed by atoms with Crippen molar-refractivity contribution in [3.63, 3.8) is 0 Å². The number of imidazole rings is 1. The third-order valence-corrected chi connectivity index (χ3v) is 2.28. The molecule has 0 aliphatic rings. The number of fused-ring (bicyclic) bond motifs is 1. The Morgan fingerprint density at radius 3 is 2.92 bits per heavy atom. The van der Waals surface area contributed by atoms with Gasteiger partial charge in [0.05, 0.1) is 29.2 Å². The molecule has 0 amide bonds. The SMILES string of the molecule is Cn1cnc2c(ncn2I)c1=O. The molecule has 0 saturated heterocycles. The molecule has 6 heteroatoms. The van der Waals surface area contributed by atoms with Crippen LogP contribution in [0.2, 0.25) is 0 Å². The van der Waals surface area contributed by atoms with Crippen molar-refractivity contribution in [1.29, 1.82) is 0 Å². The Balaban J connectivity index is 3.03. The highest BCUT2D eigenvalue weighted by Gasteiger charge is 2.05. The van der Waals surface area contributed by atoms with E-state index in [1.807, 2.05) is 22.9 Å². The number of nitrogens with zero attached hydrogens (tertiary/aromatic N) is 4. The molecule has 0 unspecified atom stereocenters. The van der Waals surface area contributed by atoms with E-state index in [2.05, 4.69) is 9.97 Å². The monoisotopic (exact) mass is 276 g/mol. The molecule has 0 aromatic carbocycles. The summed E-state index contributed by atoms with van der Waals surface area (Å²) in [7, 11) is 1.65. The topological polar surface area (TPSA) is 52.7 Å². The first-order chi connectivity index (χ1) is 5.70. The number of halogens is 1. The number of hydrogen-bond donors (Lipinski definition) is 0. The molecule has 2 rings (SSSR count). The van der Waals surface area contributed by atoms with Crippen LogP contribution in [-0.2, 0) is 7.05 Å². The van der Waals surface area contributed by atoms with Crippen LogP contribution in [0.5, 0.6) is 0 Å². The summed E-state index contributed by atoms with van der Waals surface area (Å²) in [5, 5.41) is 0. The number of aromatic nitrogens is 4. The second kappa shape index (κ2) is 2.54. The third kappa shape index (κ3) is 0.942. The van der Waals surface area contributed by atoms with Crippen LogP contribution in [0.3, 0.4) is 0 Å². The highest BCUT2D eigenvalue weighted by molar-refractivity contribution is 14.1. The van der Waals surface area contributed by atoms with E-state index in [0.717, 1.165) is 0 Å². The van der Waals surface area contributed by atoms with Gasteiger partial charge in [0, 0.05) is 7.05 Å². The summed E-state index contributed by atoms with van der Waals surface area (Å²) in [4.78, 5) is 19.4. The van der Waals surface area contributed by atoms with Gasteiger partial charge in [0.15, 0.2) is 11.2 Å². The van der Waals surface area contributed by atoms with E-state index in [1.165, 1.54) is 10.9 Å². The van der Waals surface area contributed by atoms with Gasteiger partial charge in [-0.3, -0.25) is 7.58 Å². The van der Waals surface area contributed by atoms with Crippen molar-refractivity contribution in [1.82, 2.24) is 17.3 Å². The van der Waals surface area contributed by atoms with Gasteiger partial charge in [-0.15, -0.1) is 0 Å². The molecule has 0 N–H and O–H groups in total. The first-order valence-corrected chi connectivity index (χ1v) is 4.21. The molecule has 0 radical (unpaired) electrons. The lowest BCUT2D eigenvalue weighted by Crippen LogP contribution is -2.16. The Labute approximate surface area is 81.5 Å². The molecule has 5 nitrogen and oxygen atoms in total. The molecule has 0 atom stereocenters. The van der Waals surface area contributed by atoms with Crippen LogP contribution < -0.4 is 5.56 Å². The highest BCUT2D eigenvalue weighted by Crippen LogP contribution is 2.06. The molecule has 0 aliphatic carbocycles. The molecule has 2 aromatic rings. The first kappa shape index (κ1) is 7.71. The van der Waals surface area contributed by atoms with Gasteiger partial charge in [0.1, 0.15) is 6.33 Å². The maximum Gasteiger partial charge on any atom is 0.281 e. The molecule has 0 saturated carbocycles.